The number of carbonyl (C=O) groups excluding carboxylic acids is 2. The average Bonchev–Trinajstić information content (AvgIpc) is 2.36. The van der Waals surface area contributed by atoms with Crippen LogP contribution in [0.25, 0.3) is 0 Å². The predicted octanol–water partition coefficient (Wildman–Crippen LogP) is 6.15. The fourth-order valence-corrected chi connectivity index (χ4v) is 2.57. The van der Waals surface area contributed by atoms with Crippen molar-refractivity contribution in [3.05, 3.63) is 13.2 Å². The minimum atomic E-state index is -0.252. The van der Waals surface area contributed by atoms with Crippen LogP contribution in [-0.2, 0) is 42.3 Å². The smallest absolute Gasteiger partial charge is 0.140 e. The molecular formula is C20H38O2SY-2. The third-order valence-electron chi connectivity index (χ3n) is 3.29. The fourth-order valence-electron chi connectivity index (χ4n) is 2.20. The van der Waals surface area contributed by atoms with E-state index in [1.807, 2.05) is 20.8 Å². The first-order chi connectivity index (χ1) is 10.3. The van der Waals surface area contributed by atoms with Crippen molar-refractivity contribution >= 4 is 23.3 Å². The van der Waals surface area contributed by atoms with Gasteiger partial charge in [-0.3, -0.25) is 11.1 Å². The third-order valence-corrected chi connectivity index (χ3v) is 3.82. The van der Waals surface area contributed by atoms with Gasteiger partial charge in [-0.05, 0) is 11.8 Å². The van der Waals surface area contributed by atoms with Crippen LogP contribution in [0.2, 0.25) is 0 Å². The number of thioether (sulfide) groups is 1. The fraction of sp³-hybridized carbons (Fsp3) is 0.800. The Morgan fingerprint density at radius 1 is 1.04 bits per heavy atom. The maximum atomic E-state index is 11.8. The summed E-state index contributed by atoms with van der Waals surface area (Å²) in [5.74, 6) is 1.12. The van der Waals surface area contributed by atoms with Gasteiger partial charge in [0.25, 0.3) is 0 Å². The number of unbranched alkanes of at least 4 members (excludes halogenated alkanes) is 2. The number of ketones is 2. The molecule has 0 bridgehead atoms. The molecule has 0 aliphatic carbocycles. The molecule has 0 aromatic heterocycles. The summed E-state index contributed by atoms with van der Waals surface area (Å²) in [6, 6.07) is 0. The van der Waals surface area contributed by atoms with E-state index in [4.69, 9.17) is 0 Å². The van der Waals surface area contributed by atoms with Crippen LogP contribution < -0.4 is 0 Å². The summed E-state index contributed by atoms with van der Waals surface area (Å²) in [6.07, 6.45) is 8.57. The molecule has 0 amide bonds. The molecule has 0 heterocycles. The molecule has 2 nitrogen and oxygen atoms in total. The van der Waals surface area contributed by atoms with Gasteiger partial charge < -0.3 is 23.5 Å². The first kappa shape index (κ1) is 29.6. The van der Waals surface area contributed by atoms with Gasteiger partial charge >= 0.3 is 0 Å². The van der Waals surface area contributed by atoms with E-state index in [0.717, 1.165) is 19.3 Å². The Kier molecular flexibility index (Phi) is 18.4. The Morgan fingerprint density at radius 2 is 1.54 bits per heavy atom. The Morgan fingerprint density at radius 3 is 1.88 bits per heavy atom. The summed E-state index contributed by atoms with van der Waals surface area (Å²) in [6.45, 7) is 18.4. The molecule has 0 saturated heterocycles. The van der Waals surface area contributed by atoms with Crippen LogP contribution in [0.3, 0.4) is 0 Å². The summed E-state index contributed by atoms with van der Waals surface area (Å²) < 4.78 is 0. The Balaban J connectivity index is -0.000000364. The molecule has 4 heteroatoms. The van der Waals surface area contributed by atoms with Gasteiger partial charge in [0.1, 0.15) is 11.6 Å². The van der Waals surface area contributed by atoms with E-state index in [2.05, 4.69) is 40.9 Å². The first-order valence-electron chi connectivity index (χ1n) is 8.61. The third kappa shape index (κ3) is 19.1. The van der Waals surface area contributed by atoms with Gasteiger partial charge in [-0.1, -0.05) is 67.7 Å². The van der Waals surface area contributed by atoms with E-state index in [-0.39, 0.29) is 55.2 Å². The molecule has 0 rings (SSSR count). The van der Waals surface area contributed by atoms with Crippen LogP contribution in [0.15, 0.2) is 0 Å². The average molecular weight is 431 g/mol. The second kappa shape index (κ2) is 14.9. The number of carbonyl (C=O) groups is 2. The van der Waals surface area contributed by atoms with Crippen molar-refractivity contribution in [1.82, 2.24) is 0 Å². The van der Waals surface area contributed by atoms with Gasteiger partial charge in [0.05, 0.1) is 0 Å². The Bertz CT molecular complexity index is 341. The summed E-state index contributed by atoms with van der Waals surface area (Å²) in [7, 11) is 0. The van der Waals surface area contributed by atoms with Crippen LogP contribution in [0.1, 0.15) is 80.6 Å². The van der Waals surface area contributed by atoms with Crippen LogP contribution in [-0.4, -0.2) is 17.3 Å². The van der Waals surface area contributed by atoms with E-state index in [1.165, 1.54) is 24.6 Å². The normalized spacial score (nSPS) is 12.5. The van der Waals surface area contributed by atoms with Crippen molar-refractivity contribution in [2.75, 3.05) is 5.75 Å². The van der Waals surface area contributed by atoms with Crippen molar-refractivity contribution in [2.45, 2.75) is 80.6 Å². The quantitative estimate of drug-likeness (QED) is 0.342. The van der Waals surface area contributed by atoms with Gasteiger partial charge in [0.2, 0.25) is 0 Å². The number of Topliss-reactive ketones (excluding diaryl/α,β-unsaturated/α-hetero) is 2. The van der Waals surface area contributed by atoms with E-state index >= 15 is 0 Å². The topological polar surface area (TPSA) is 34.1 Å². The first-order valence-corrected chi connectivity index (χ1v) is 9.76. The van der Waals surface area contributed by atoms with Crippen LogP contribution >= 0.6 is 11.8 Å². The van der Waals surface area contributed by atoms with Crippen LogP contribution in [0.5, 0.6) is 0 Å². The molecule has 0 spiro atoms. The Labute approximate surface area is 181 Å². The van der Waals surface area contributed by atoms with E-state index in [9.17, 15) is 9.59 Å². The largest absolute Gasteiger partial charge is 0.347 e. The van der Waals surface area contributed by atoms with Crippen molar-refractivity contribution in [3.8, 4) is 0 Å². The molecule has 1 unspecified atom stereocenters. The van der Waals surface area contributed by atoms with Gasteiger partial charge in [-0.2, -0.15) is 0 Å². The number of hydrogen-bond acceptors (Lipinski definition) is 3. The number of hydrogen-bond donors (Lipinski definition) is 0. The summed E-state index contributed by atoms with van der Waals surface area (Å²) in [5.41, 5.74) is -0.0645. The van der Waals surface area contributed by atoms with Crippen LogP contribution in [0, 0.1) is 29.9 Å². The molecule has 1 atom stereocenters. The van der Waals surface area contributed by atoms with Crippen molar-refractivity contribution in [3.63, 3.8) is 0 Å². The molecule has 0 aromatic rings. The van der Waals surface area contributed by atoms with Gasteiger partial charge in [-0.25, -0.2) is 0 Å². The molecule has 24 heavy (non-hydrogen) atoms. The van der Waals surface area contributed by atoms with E-state index < -0.39 is 0 Å². The molecular weight excluding hydrogens is 393 g/mol. The summed E-state index contributed by atoms with van der Waals surface area (Å²) in [4.78, 5) is 22.6. The molecule has 1 radical (unpaired) electrons. The molecule has 0 fully saturated rings. The Hall–Kier alpha value is 0.794. The van der Waals surface area contributed by atoms with Crippen molar-refractivity contribution < 1.29 is 42.3 Å². The SMILES string of the molecule is [CH2-]C(CC(C)(C)C)C(=O)C(C)(C)C.[CH2-]SCC(=O)CCCCC.[Y]. The zero-order valence-corrected chi connectivity index (χ0v) is 20.7. The molecule has 0 N–H and O–H groups in total. The van der Waals surface area contributed by atoms with Crippen molar-refractivity contribution in [2.24, 2.45) is 16.7 Å². The molecule has 0 saturated carbocycles. The number of rotatable bonds is 8. The molecule has 0 aliphatic rings. The second-order valence-electron chi connectivity index (χ2n) is 8.42. The monoisotopic (exact) mass is 431 g/mol. The zero-order valence-electron chi connectivity index (χ0n) is 17.0. The second-order valence-corrected chi connectivity index (χ2v) is 9.12. The van der Waals surface area contributed by atoms with E-state index in [0.29, 0.717) is 11.5 Å². The zero-order chi connectivity index (χ0) is 18.7. The molecule has 141 valence electrons. The van der Waals surface area contributed by atoms with E-state index in [1.54, 1.807) is 0 Å². The summed E-state index contributed by atoms with van der Waals surface area (Å²) in [5, 5.41) is 0. The maximum Gasteiger partial charge on any atom is 0.140 e. The minimum absolute atomic E-state index is 0. The molecule has 0 aromatic carbocycles. The van der Waals surface area contributed by atoms with Gasteiger partial charge in [0, 0.05) is 50.3 Å². The van der Waals surface area contributed by atoms with Gasteiger partial charge in [0.15, 0.2) is 0 Å². The van der Waals surface area contributed by atoms with Crippen molar-refractivity contribution in [1.29, 1.82) is 0 Å². The minimum Gasteiger partial charge on any atom is -0.347 e. The standard InChI is InChI=1S/C12H23O.C8H15OS.Y/c1-9(8-11(2,3)4)10(13)12(5,6)7;1-3-4-5-6-8(9)7-10-2;/h9H,1,8H2,2-7H3;2-7H2,1H3;/q2*-1;. The van der Waals surface area contributed by atoms with Crippen LogP contribution in [0.4, 0.5) is 0 Å². The predicted molar refractivity (Wildman–Crippen MR) is 104 cm³/mol. The molecule has 0 aliphatic heterocycles. The van der Waals surface area contributed by atoms with Gasteiger partial charge in [-0.15, -0.1) is 5.92 Å². The maximum absolute atomic E-state index is 11.8. The summed E-state index contributed by atoms with van der Waals surface area (Å²) >= 11 is 1.37.